The van der Waals surface area contributed by atoms with Crippen LogP contribution in [0.4, 0.5) is 8.78 Å². The Kier molecular flexibility index (Phi) is 1.95. The molecule has 1 aliphatic heterocycles. The van der Waals surface area contributed by atoms with Gasteiger partial charge in [0.05, 0.1) is 0 Å². The van der Waals surface area contributed by atoms with Gasteiger partial charge >= 0.3 is 14.7 Å². The maximum Gasteiger partial charge on any atom is 0.460 e. The predicted molar refractivity (Wildman–Crippen MR) is 36.2 cm³/mol. The zero-order valence-electron chi connectivity index (χ0n) is 5.53. The minimum Gasteiger partial charge on any atom is -0.263 e. The number of rotatable bonds is 0. The van der Waals surface area contributed by atoms with E-state index in [9.17, 15) is 21.4 Å². The molecule has 1 saturated heterocycles. The monoisotopic (exact) mass is 222 g/mol. The fourth-order valence-electron chi connectivity index (χ4n) is 0.453. The molecule has 0 amide bonds. The lowest BCUT2D eigenvalue weighted by molar-refractivity contribution is 0.0618. The predicted octanol–water partition coefficient (Wildman–Crippen LogP) is -0.498. The minimum absolute atomic E-state index is 1.000. The summed E-state index contributed by atoms with van der Waals surface area (Å²) in [6, 6.07) is 0. The molecule has 0 spiro atoms. The normalized spacial score (nSPS) is 39.2. The molecule has 0 aromatic heterocycles. The van der Waals surface area contributed by atoms with Crippen LogP contribution in [0.3, 0.4) is 0 Å². The third-order valence-corrected chi connectivity index (χ3v) is 4.66. The van der Waals surface area contributed by atoms with Crippen LogP contribution in [0.25, 0.3) is 0 Å². The number of alkyl halides is 2. The average molecular weight is 222 g/mol. The van der Waals surface area contributed by atoms with Crippen molar-refractivity contribution >= 4 is 25.8 Å². The van der Waals surface area contributed by atoms with Crippen molar-refractivity contribution in [3.8, 4) is 0 Å². The zero-order valence-corrected chi connectivity index (χ0v) is 7.16. The van der Waals surface area contributed by atoms with E-state index in [1.54, 1.807) is 0 Å². The van der Waals surface area contributed by atoms with Gasteiger partial charge in [0.25, 0.3) is 0 Å². The van der Waals surface area contributed by atoms with E-state index >= 15 is 0 Å². The average Bonchev–Trinajstić information content (AvgIpc) is 1.83. The smallest absolute Gasteiger partial charge is 0.263 e. The lowest BCUT2D eigenvalue weighted by Gasteiger charge is -2.24. The first-order valence-electron chi connectivity index (χ1n) is 2.49. The van der Waals surface area contributed by atoms with E-state index in [4.69, 9.17) is 0 Å². The van der Waals surface area contributed by atoms with Gasteiger partial charge in [0.15, 0.2) is 16.6 Å². The lowest BCUT2D eigenvalue weighted by Crippen LogP contribution is -2.44. The van der Waals surface area contributed by atoms with Gasteiger partial charge in [0.1, 0.15) is 0 Å². The van der Waals surface area contributed by atoms with Crippen molar-refractivity contribution in [2.75, 3.05) is 6.79 Å². The molecule has 1 atom stereocenters. The molecule has 1 fully saturated rings. The van der Waals surface area contributed by atoms with Crippen LogP contribution < -0.4 is 0 Å². The SMILES string of the molecule is C=S1(=O)OCOS(=O)(=O)C1(F)F. The molecule has 0 saturated carbocycles. The Balaban J connectivity index is 3.36. The Morgan fingerprint density at radius 1 is 1.25 bits per heavy atom. The number of halogens is 2. The highest BCUT2D eigenvalue weighted by molar-refractivity contribution is 8.10. The molecule has 0 aliphatic carbocycles. The number of hydrogen-bond acceptors (Lipinski definition) is 5. The van der Waals surface area contributed by atoms with Gasteiger partial charge in [0.2, 0.25) is 0 Å². The quantitative estimate of drug-likeness (QED) is 0.408. The molecule has 5 nitrogen and oxygen atoms in total. The van der Waals surface area contributed by atoms with Gasteiger partial charge in [-0.2, -0.15) is 17.2 Å². The summed E-state index contributed by atoms with van der Waals surface area (Å²) in [5.74, 6) is 2.47. The third kappa shape index (κ3) is 1.13. The summed E-state index contributed by atoms with van der Waals surface area (Å²) in [7, 11) is -9.58. The maximum atomic E-state index is 12.6. The van der Waals surface area contributed by atoms with Crippen molar-refractivity contribution < 1.29 is 29.8 Å². The van der Waals surface area contributed by atoms with E-state index in [1.807, 2.05) is 0 Å². The van der Waals surface area contributed by atoms with E-state index in [-0.39, 0.29) is 0 Å². The van der Waals surface area contributed by atoms with Crippen molar-refractivity contribution in [3.05, 3.63) is 0 Å². The van der Waals surface area contributed by atoms with E-state index < -0.39 is 31.3 Å². The third-order valence-electron chi connectivity index (χ3n) is 1.09. The summed E-state index contributed by atoms with van der Waals surface area (Å²) >= 11 is 0. The standard InChI is InChI=1S/C3H4F2O5S2/c1-11(6)3(4,5)12(7,8)10-2-9-11/h1-2H2. The van der Waals surface area contributed by atoms with Crippen LogP contribution in [0, 0.1) is 0 Å². The largest absolute Gasteiger partial charge is 0.460 e. The fourth-order valence-corrected chi connectivity index (χ4v) is 2.70. The van der Waals surface area contributed by atoms with Crippen LogP contribution in [-0.4, -0.2) is 29.9 Å². The topological polar surface area (TPSA) is 69.7 Å². The molecule has 1 rings (SSSR count). The zero-order chi connectivity index (χ0) is 9.62. The van der Waals surface area contributed by atoms with Crippen molar-refractivity contribution in [2.24, 2.45) is 0 Å². The molecule has 0 aromatic carbocycles. The highest BCUT2D eigenvalue weighted by atomic mass is 32.3. The van der Waals surface area contributed by atoms with E-state index in [0.717, 1.165) is 0 Å². The second kappa shape index (κ2) is 2.37. The first-order valence-corrected chi connectivity index (χ1v) is 5.55. The van der Waals surface area contributed by atoms with Crippen LogP contribution in [0.1, 0.15) is 0 Å². The van der Waals surface area contributed by atoms with Gasteiger partial charge < -0.3 is 0 Å². The molecule has 0 N–H and O–H groups in total. The summed E-state index contributed by atoms with van der Waals surface area (Å²) in [4.78, 5) is 0. The highest BCUT2D eigenvalue weighted by Gasteiger charge is 2.58. The van der Waals surface area contributed by atoms with Crippen molar-refractivity contribution in [2.45, 2.75) is 4.59 Å². The van der Waals surface area contributed by atoms with Crippen LogP contribution in [-0.2, 0) is 28.3 Å². The van der Waals surface area contributed by atoms with E-state index in [2.05, 4.69) is 14.2 Å². The van der Waals surface area contributed by atoms with Crippen LogP contribution in [0.5, 0.6) is 0 Å². The Morgan fingerprint density at radius 2 is 1.75 bits per heavy atom. The summed E-state index contributed by atoms with van der Waals surface area (Å²) in [6.07, 6.45) is 0. The van der Waals surface area contributed by atoms with Gasteiger partial charge in [0, 0.05) is 0 Å². The van der Waals surface area contributed by atoms with Crippen molar-refractivity contribution in [3.63, 3.8) is 0 Å². The summed E-state index contributed by atoms with van der Waals surface area (Å²) in [6.45, 7) is -1.000. The Bertz CT molecular complexity index is 343. The molecule has 1 aliphatic rings. The highest BCUT2D eigenvalue weighted by Crippen LogP contribution is 2.34. The Labute approximate surface area is 67.6 Å². The summed E-state index contributed by atoms with van der Waals surface area (Å²) in [5.41, 5.74) is 0. The van der Waals surface area contributed by atoms with E-state index in [1.165, 1.54) is 0 Å². The lowest BCUT2D eigenvalue weighted by atomic mass is 11.6. The van der Waals surface area contributed by atoms with Gasteiger partial charge in [-0.3, -0.25) is 4.18 Å². The molecule has 0 aromatic rings. The molecule has 12 heavy (non-hydrogen) atoms. The Morgan fingerprint density at radius 3 is 2.08 bits per heavy atom. The molecular formula is C3H4F2O5S2. The minimum atomic E-state index is -5.16. The second-order valence-corrected chi connectivity index (χ2v) is 5.78. The van der Waals surface area contributed by atoms with Crippen molar-refractivity contribution in [1.82, 2.24) is 0 Å². The van der Waals surface area contributed by atoms with Gasteiger partial charge in [-0.1, -0.05) is 0 Å². The maximum absolute atomic E-state index is 12.6. The fraction of sp³-hybridized carbons (Fsp3) is 0.667. The first kappa shape index (κ1) is 9.84. The summed E-state index contributed by atoms with van der Waals surface area (Å²) < 4.78 is 59.7. The molecular weight excluding hydrogens is 218 g/mol. The molecule has 9 heteroatoms. The Hall–Kier alpha value is -0.250. The van der Waals surface area contributed by atoms with Gasteiger partial charge in [-0.15, -0.1) is 0 Å². The van der Waals surface area contributed by atoms with Crippen LogP contribution in [0.15, 0.2) is 0 Å². The molecule has 1 unspecified atom stereocenters. The van der Waals surface area contributed by atoms with E-state index in [0.29, 0.717) is 0 Å². The first-order chi connectivity index (χ1) is 5.21. The second-order valence-electron chi connectivity index (χ2n) is 1.89. The molecule has 0 radical (unpaired) electrons. The van der Waals surface area contributed by atoms with Crippen LogP contribution in [0.2, 0.25) is 0 Å². The molecule has 0 bridgehead atoms. The van der Waals surface area contributed by atoms with Gasteiger partial charge in [-0.25, -0.2) is 8.39 Å². The van der Waals surface area contributed by atoms with Gasteiger partial charge in [-0.05, 0) is 5.87 Å². The molecule has 1 heterocycles. The van der Waals surface area contributed by atoms with Crippen molar-refractivity contribution in [1.29, 1.82) is 0 Å². The number of hydrogen-bond donors (Lipinski definition) is 0. The summed E-state index contributed by atoms with van der Waals surface area (Å²) in [5, 5.41) is 0. The van der Waals surface area contributed by atoms with Crippen LogP contribution >= 0.6 is 0 Å². The molecule has 72 valence electrons.